The van der Waals surface area contributed by atoms with E-state index in [0.717, 1.165) is 34.1 Å². The summed E-state index contributed by atoms with van der Waals surface area (Å²) in [5.74, 6) is 0. The van der Waals surface area contributed by atoms with E-state index in [4.69, 9.17) is 0 Å². The molecule has 3 heteroatoms. The van der Waals surface area contributed by atoms with Crippen LogP contribution in [0.4, 0.5) is 51.2 Å². The number of hydrogen-bond donors (Lipinski definition) is 0. The van der Waals surface area contributed by atoms with Gasteiger partial charge in [0.2, 0.25) is 0 Å². The number of anilines is 9. The third kappa shape index (κ3) is 5.95. The lowest BCUT2D eigenvalue weighted by Gasteiger charge is -2.50. The number of fused-ring (bicyclic) bond motifs is 5. The van der Waals surface area contributed by atoms with Crippen molar-refractivity contribution in [2.24, 2.45) is 0 Å². The van der Waals surface area contributed by atoms with Crippen molar-refractivity contribution in [1.82, 2.24) is 0 Å². The lowest BCUT2D eigenvalue weighted by molar-refractivity contribution is 0.597. The Kier molecular flexibility index (Phi) is 8.51. The van der Waals surface area contributed by atoms with Crippen LogP contribution in [-0.4, -0.2) is 0 Å². The minimum absolute atomic E-state index is 0.234. The van der Waals surface area contributed by atoms with Gasteiger partial charge in [-0.3, -0.25) is 0 Å². The van der Waals surface area contributed by atoms with E-state index < -0.39 is 0 Å². The Bertz CT molecular complexity index is 3040. The van der Waals surface area contributed by atoms with E-state index >= 15 is 0 Å². The van der Waals surface area contributed by atoms with Crippen LogP contribution in [0.1, 0.15) is 49.9 Å². The fraction of sp³-hybridized carbons (Fsp3) is 0.103. The minimum Gasteiger partial charge on any atom is -0.310 e. The van der Waals surface area contributed by atoms with E-state index in [9.17, 15) is 0 Å². The molecule has 0 bridgehead atoms. The molecule has 0 aromatic heterocycles. The summed E-state index contributed by atoms with van der Waals surface area (Å²) in [4.78, 5) is 7.32. The molecule has 0 saturated heterocycles. The van der Waals surface area contributed by atoms with Crippen LogP contribution >= 0.6 is 0 Å². The maximum absolute atomic E-state index is 2.55. The van der Waals surface area contributed by atoms with E-state index in [1.165, 1.54) is 61.2 Å². The maximum atomic E-state index is 2.55. The molecule has 2 aliphatic rings. The first-order valence-electron chi connectivity index (χ1n) is 21.4. The van der Waals surface area contributed by atoms with Gasteiger partial charge in [0.1, 0.15) is 0 Å². The molecule has 2 aliphatic heterocycles. The molecule has 0 saturated carbocycles. The van der Waals surface area contributed by atoms with E-state index in [1.807, 2.05) is 0 Å². The van der Waals surface area contributed by atoms with Crippen molar-refractivity contribution in [1.29, 1.82) is 0 Å². The standard InChI is InChI=1S/C58H47N3/c1-57(2)50-26-16-17-27-54(50)61-55-35-31-43(41-28-32-47(33-29-41)59(44-20-8-5-9-21-44)48-34-30-40-18-14-15-19-42(40)36-48)37-51(55)58(3,4)53-39-49(38-52(57)56(53)61)60(45-22-10-6-11-23-45)46-24-12-7-13-25-46/h5-39H,1-4H3. The third-order valence-electron chi connectivity index (χ3n) is 13.1. The van der Waals surface area contributed by atoms with Gasteiger partial charge in [-0.15, -0.1) is 0 Å². The summed E-state index contributed by atoms with van der Waals surface area (Å²) in [6, 6.07) is 77.7. The number of benzene rings is 9. The molecule has 0 spiro atoms. The zero-order chi connectivity index (χ0) is 41.3. The van der Waals surface area contributed by atoms with E-state index in [1.54, 1.807) is 0 Å². The average Bonchev–Trinajstić information content (AvgIpc) is 3.30. The van der Waals surface area contributed by atoms with Crippen LogP contribution in [0.3, 0.4) is 0 Å². The molecule has 0 N–H and O–H groups in total. The van der Waals surface area contributed by atoms with Crippen LogP contribution < -0.4 is 14.7 Å². The largest absolute Gasteiger partial charge is 0.310 e. The highest BCUT2D eigenvalue weighted by Crippen LogP contribution is 2.61. The minimum atomic E-state index is -0.316. The number of para-hydroxylation sites is 4. The smallest absolute Gasteiger partial charge is 0.0545 e. The first-order valence-corrected chi connectivity index (χ1v) is 21.4. The van der Waals surface area contributed by atoms with Gasteiger partial charge in [0, 0.05) is 45.0 Å². The van der Waals surface area contributed by atoms with Gasteiger partial charge in [-0.05, 0) is 135 Å². The molecule has 294 valence electrons. The van der Waals surface area contributed by atoms with Crippen molar-refractivity contribution in [2.75, 3.05) is 14.7 Å². The highest BCUT2D eigenvalue weighted by molar-refractivity contribution is 5.96. The van der Waals surface area contributed by atoms with Crippen molar-refractivity contribution in [3.05, 3.63) is 235 Å². The summed E-state index contributed by atoms with van der Waals surface area (Å²) < 4.78 is 0. The molecular weight excluding hydrogens is 739 g/mol. The van der Waals surface area contributed by atoms with E-state index in [0.29, 0.717) is 0 Å². The van der Waals surface area contributed by atoms with Crippen LogP contribution in [0, 0.1) is 0 Å². The Hall–Kier alpha value is -7.36. The summed E-state index contributed by atoms with van der Waals surface area (Å²) >= 11 is 0. The van der Waals surface area contributed by atoms with Gasteiger partial charge < -0.3 is 14.7 Å². The second kappa shape index (κ2) is 14.1. The molecule has 0 fully saturated rings. The molecule has 3 nitrogen and oxygen atoms in total. The topological polar surface area (TPSA) is 9.72 Å². The summed E-state index contributed by atoms with van der Waals surface area (Å²) in [5.41, 5.74) is 17.8. The quantitative estimate of drug-likeness (QED) is 0.159. The highest BCUT2D eigenvalue weighted by Gasteiger charge is 2.46. The van der Waals surface area contributed by atoms with E-state index in [2.05, 4.69) is 255 Å². The Morgan fingerprint density at radius 1 is 0.311 bits per heavy atom. The average molecular weight is 786 g/mol. The Labute approximate surface area is 359 Å². The molecule has 0 unspecified atom stereocenters. The van der Waals surface area contributed by atoms with Gasteiger partial charge in [0.25, 0.3) is 0 Å². The summed E-state index contributed by atoms with van der Waals surface area (Å²) in [5, 5.41) is 2.46. The van der Waals surface area contributed by atoms with Gasteiger partial charge in [0.15, 0.2) is 0 Å². The van der Waals surface area contributed by atoms with Crippen LogP contribution in [0.2, 0.25) is 0 Å². The maximum Gasteiger partial charge on any atom is 0.0545 e. The predicted molar refractivity (Wildman–Crippen MR) is 258 cm³/mol. The molecule has 0 atom stereocenters. The molecule has 61 heavy (non-hydrogen) atoms. The zero-order valence-electron chi connectivity index (χ0n) is 35.0. The lowest BCUT2D eigenvalue weighted by Crippen LogP contribution is -2.38. The Morgan fingerprint density at radius 2 is 0.770 bits per heavy atom. The van der Waals surface area contributed by atoms with Gasteiger partial charge in [0.05, 0.1) is 17.1 Å². The SMILES string of the molecule is CC1(C)c2ccccc2N2c3ccc(-c4ccc(N(c5ccccc5)c5ccc6ccccc6c5)cc4)cc3C(C)(C)c3cc(N(c4ccccc4)c4ccccc4)cc1c32. The third-order valence-corrected chi connectivity index (χ3v) is 13.1. The fourth-order valence-corrected chi connectivity index (χ4v) is 9.96. The lowest BCUT2D eigenvalue weighted by atomic mass is 9.66. The molecule has 11 rings (SSSR count). The highest BCUT2D eigenvalue weighted by atomic mass is 15.2. The van der Waals surface area contributed by atoms with Crippen LogP contribution in [-0.2, 0) is 10.8 Å². The number of rotatable bonds is 7. The van der Waals surface area contributed by atoms with Crippen molar-refractivity contribution >= 4 is 62.0 Å². The van der Waals surface area contributed by atoms with Crippen LogP contribution in [0.5, 0.6) is 0 Å². The van der Waals surface area contributed by atoms with Gasteiger partial charge in [-0.2, -0.15) is 0 Å². The van der Waals surface area contributed by atoms with Crippen LogP contribution in [0.15, 0.2) is 212 Å². The first kappa shape index (κ1) is 36.7. The van der Waals surface area contributed by atoms with Gasteiger partial charge in [-0.1, -0.05) is 149 Å². The molecule has 0 amide bonds. The Balaban J connectivity index is 1.05. The number of hydrogen-bond acceptors (Lipinski definition) is 3. The summed E-state index contributed by atoms with van der Waals surface area (Å²) in [7, 11) is 0. The van der Waals surface area contributed by atoms with Gasteiger partial charge in [-0.25, -0.2) is 0 Å². The Morgan fingerprint density at radius 3 is 1.39 bits per heavy atom. The summed E-state index contributed by atoms with van der Waals surface area (Å²) in [6.45, 7) is 9.62. The second-order valence-electron chi connectivity index (χ2n) is 17.5. The second-order valence-corrected chi connectivity index (χ2v) is 17.5. The number of nitrogens with zero attached hydrogens (tertiary/aromatic N) is 3. The molecule has 0 radical (unpaired) electrons. The van der Waals surface area contributed by atoms with Crippen molar-refractivity contribution in [2.45, 2.75) is 38.5 Å². The summed E-state index contributed by atoms with van der Waals surface area (Å²) in [6.07, 6.45) is 0. The molecule has 2 heterocycles. The monoisotopic (exact) mass is 785 g/mol. The molecule has 9 aromatic carbocycles. The van der Waals surface area contributed by atoms with Crippen LogP contribution in [0.25, 0.3) is 21.9 Å². The zero-order valence-corrected chi connectivity index (χ0v) is 35.0. The molecular formula is C58H47N3. The molecule has 9 aromatic rings. The van der Waals surface area contributed by atoms with Crippen molar-refractivity contribution in [3.63, 3.8) is 0 Å². The molecule has 0 aliphatic carbocycles. The first-order chi connectivity index (χ1) is 29.8. The predicted octanol–water partition coefficient (Wildman–Crippen LogP) is 16.2. The normalized spacial score (nSPS) is 14.1. The van der Waals surface area contributed by atoms with Crippen molar-refractivity contribution in [3.8, 4) is 11.1 Å². The van der Waals surface area contributed by atoms with Gasteiger partial charge >= 0.3 is 0 Å². The van der Waals surface area contributed by atoms with Crippen molar-refractivity contribution < 1.29 is 0 Å². The fourth-order valence-electron chi connectivity index (χ4n) is 9.96. The van der Waals surface area contributed by atoms with E-state index in [-0.39, 0.29) is 10.8 Å².